The fraction of sp³-hybridized carbons (Fsp3) is 0. The zero-order chi connectivity index (χ0) is 15.4. The minimum absolute atomic E-state index is 0.110. The highest BCUT2D eigenvalue weighted by molar-refractivity contribution is 5.99. The number of oxime groups is 1. The summed E-state index contributed by atoms with van der Waals surface area (Å²) >= 11 is 0. The molecule has 108 valence electrons. The number of nitrogens with two attached hydrogens (primary N) is 1. The molecule has 0 aliphatic heterocycles. The highest BCUT2D eigenvalue weighted by atomic mass is 19.1. The Morgan fingerprint density at radius 2 is 2.24 bits per heavy atom. The SMILES string of the molecule is N/C(=N\O)c1cccnc1Oc1cc(F)ccc1[N+](=O)[O-]. The topological polar surface area (TPSA) is 124 Å². The summed E-state index contributed by atoms with van der Waals surface area (Å²) in [6.07, 6.45) is 1.34. The van der Waals surface area contributed by atoms with Gasteiger partial charge in [0.1, 0.15) is 5.82 Å². The lowest BCUT2D eigenvalue weighted by molar-refractivity contribution is -0.385. The molecule has 2 rings (SSSR count). The molecule has 0 saturated carbocycles. The van der Waals surface area contributed by atoms with Crippen LogP contribution in [0.25, 0.3) is 0 Å². The maximum absolute atomic E-state index is 13.2. The van der Waals surface area contributed by atoms with Crippen molar-refractivity contribution < 1.29 is 19.3 Å². The van der Waals surface area contributed by atoms with Gasteiger partial charge in [-0.15, -0.1) is 0 Å². The first-order valence-electron chi connectivity index (χ1n) is 5.57. The summed E-state index contributed by atoms with van der Waals surface area (Å²) in [6.45, 7) is 0. The Morgan fingerprint density at radius 1 is 1.48 bits per heavy atom. The molecule has 0 aliphatic carbocycles. The molecule has 8 nitrogen and oxygen atoms in total. The van der Waals surface area contributed by atoms with E-state index in [1.807, 2.05) is 0 Å². The normalized spacial score (nSPS) is 11.2. The second kappa shape index (κ2) is 5.82. The molecule has 0 fully saturated rings. The van der Waals surface area contributed by atoms with Gasteiger partial charge in [-0.2, -0.15) is 0 Å². The number of nitrogens with zero attached hydrogens (tertiary/aromatic N) is 3. The smallest absolute Gasteiger partial charge is 0.311 e. The second-order valence-corrected chi connectivity index (χ2v) is 3.81. The molecule has 1 aromatic carbocycles. The van der Waals surface area contributed by atoms with Crippen molar-refractivity contribution in [1.82, 2.24) is 4.98 Å². The van der Waals surface area contributed by atoms with Gasteiger partial charge >= 0.3 is 5.69 Å². The van der Waals surface area contributed by atoms with Gasteiger partial charge in [0.2, 0.25) is 11.6 Å². The van der Waals surface area contributed by atoms with Crippen LogP contribution in [-0.2, 0) is 0 Å². The molecule has 0 spiro atoms. The van der Waals surface area contributed by atoms with Crippen molar-refractivity contribution in [3.05, 3.63) is 58.0 Å². The van der Waals surface area contributed by atoms with Crippen molar-refractivity contribution in [3.63, 3.8) is 0 Å². The summed E-state index contributed by atoms with van der Waals surface area (Å²) in [4.78, 5) is 14.0. The van der Waals surface area contributed by atoms with Gasteiger partial charge in [-0.05, 0) is 18.2 Å². The second-order valence-electron chi connectivity index (χ2n) is 3.81. The summed E-state index contributed by atoms with van der Waals surface area (Å²) in [7, 11) is 0. The molecule has 3 N–H and O–H groups in total. The number of aromatic nitrogens is 1. The minimum atomic E-state index is -0.721. The molecule has 1 aromatic heterocycles. The fourth-order valence-electron chi connectivity index (χ4n) is 1.55. The van der Waals surface area contributed by atoms with Crippen molar-refractivity contribution in [2.24, 2.45) is 10.9 Å². The summed E-state index contributed by atoms with van der Waals surface area (Å²) in [6, 6.07) is 5.69. The standard InChI is InChI=1S/C12H9FN4O4/c13-7-3-4-9(17(19)20)10(6-7)21-12-8(11(14)16-18)2-1-5-15-12/h1-6,18H,(H2,14,16). The van der Waals surface area contributed by atoms with Crippen molar-refractivity contribution >= 4 is 11.5 Å². The number of nitro benzene ring substituents is 1. The van der Waals surface area contributed by atoms with Crippen molar-refractivity contribution in [3.8, 4) is 11.6 Å². The molecule has 2 aromatic rings. The first-order chi connectivity index (χ1) is 10.0. The molecule has 9 heteroatoms. The van der Waals surface area contributed by atoms with Crippen LogP contribution < -0.4 is 10.5 Å². The molecule has 0 atom stereocenters. The van der Waals surface area contributed by atoms with E-state index in [9.17, 15) is 14.5 Å². The van der Waals surface area contributed by atoms with Crippen LogP contribution in [0.2, 0.25) is 0 Å². The number of nitro groups is 1. The van der Waals surface area contributed by atoms with Gasteiger partial charge in [0.15, 0.2) is 5.84 Å². The van der Waals surface area contributed by atoms with Crippen LogP contribution in [0.3, 0.4) is 0 Å². The van der Waals surface area contributed by atoms with Crippen LogP contribution in [0.15, 0.2) is 41.7 Å². The molecule has 0 unspecified atom stereocenters. The molecule has 0 aliphatic rings. The lowest BCUT2D eigenvalue weighted by Crippen LogP contribution is -2.14. The molecule has 0 bridgehead atoms. The molecule has 0 saturated heterocycles. The zero-order valence-corrected chi connectivity index (χ0v) is 10.4. The van der Waals surface area contributed by atoms with Gasteiger partial charge in [0.05, 0.1) is 10.5 Å². The summed E-state index contributed by atoms with van der Waals surface area (Å²) in [5.74, 6) is -1.50. The molecular weight excluding hydrogens is 283 g/mol. The Bertz CT molecular complexity index is 720. The average Bonchev–Trinajstić information content (AvgIpc) is 2.47. The van der Waals surface area contributed by atoms with E-state index < -0.39 is 16.4 Å². The summed E-state index contributed by atoms with van der Waals surface area (Å²) < 4.78 is 18.5. The van der Waals surface area contributed by atoms with E-state index in [1.165, 1.54) is 18.3 Å². The van der Waals surface area contributed by atoms with E-state index >= 15 is 0 Å². The van der Waals surface area contributed by atoms with Crippen LogP contribution in [0.5, 0.6) is 11.6 Å². The van der Waals surface area contributed by atoms with E-state index in [0.29, 0.717) is 0 Å². The number of halogens is 1. The van der Waals surface area contributed by atoms with Crippen LogP contribution >= 0.6 is 0 Å². The van der Waals surface area contributed by atoms with Crippen LogP contribution in [0.4, 0.5) is 10.1 Å². The van der Waals surface area contributed by atoms with Crippen molar-refractivity contribution in [1.29, 1.82) is 0 Å². The number of ether oxygens (including phenoxy) is 1. The van der Waals surface area contributed by atoms with Gasteiger partial charge < -0.3 is 15.7 Å². The van der Waals surface area contributed by atoms with Crippen LogP contribution in [-0.4, -0.2) is 21.0 Å². The van der Waals surface area contributed by atoms with E-state index in [0.717, 1.165) is 18.2 Å². The maximum atomic E-state index is 13.2. The monoisotopic (exact) mass is 292 g/mol. The number of rotatable bonds is 4. The van der Waals surface area contributed by atoms with Gasteiger partial charge in [0.25, 0.3) is 0 Å². The first-order valence-corrected chi connectivity index (χ1v) is 5.57. The Kier molecular flexibility index (Phi) is 3.93. The van der Waals surface area contributed by atoms with Crippen LogP contribution in [0.1, 0.15) is 5.56 Å². The number of amidine groups is 1. The van der Waals surface area contributed by atoms with Gasteiger partial charge in [-0.25, -0.2) is 9.37 Å². The average molecular weight is 292 g/mol. The Labute approximate surface area is 117 Å². The number of pyridine rings is 1. The molecular formula is C12H9FN4O4. The summed E-state index contributed by atoms with van der Waals surface area (Å²) in [5, 5.41) is 22.4. The van der Waals surface area contributed by atoms with E-state index in [-0.39, 0.29) is 23.0 Å². The predicted octanol–water partition coefficient (Wildman–Crippen LogP) is 2.02. The number of hydrogen-bond donors (Lipinski definition) is 2. The third kappa shape index (κ3) is 3.03. The lowest BCUT2D eigenvalue weighted by Gasteiger charge is -2.09. The number of hydrogen-bond acceptors (Lipinski definition) is 6. The molecule has 0 radical (unpaired) electrons. The number of benzene rings is 1. The fourth-order valence-corrected chi connectivity index (χ4v) is 1.55. The van der Waals surface area contributed by atoms with Gasteiger partial charge in [-0.1, -0.05) is 5.16 Å². The highest BCUT2D eigenvalue weighted by Crippen LogP contribution is 2.32. The molecule has 21 heavy (non-hydrogen) atoms. The zero-order valence-electron chi connectivity index (χ0n) is 10.4. The van der Waals surface area contributed by atoms with E-state index in [4.69, 9.17) is 15.7 Å². The van der Waals surface area contributed by atoms with E-state index in [2.05, 4.69) is 10.1 Å². The lowest BCUT2D eigenvalue weighted by atomic mass is 10.2. The first kappa shape index (κ1) is 14.2. The third-order valence-corrected chi connectivity index (χ3v) is 2.48. The highest BCUT2D eigenvalue weighted by Gasteiger charge is 2.19. The van der Waals surface area contributed by atoms with Crippen molar-refractivity contribution in [2.75, 3.05) is 0 Å². The van der Waals surface area contributed by atoms with Crippen LogP contribution in [0, 0.1) is 15.9 Å². The van der Waals surface area contributed by atoms with Gasteiger partial charge in [-0.3, -0.25) is 10.1 Å². The van der Waals surface area contributed by atoms with Gasteiger partial charge in [0, 0.05) is 18.3 Å². The van der Waals surface area contributed by atoms with E-state index in [1.54, 1.807) is 0 Å². The quantitative estimate of drug-likeness (QED) is 0.292. The minimum Gasteiger partial charge on any atom is -0.431 e. The largest absolute Gasteiger partial charge is 0.431 e. The Balaban J connectivity index is 2.48. The summed E-state index contributed by atoms with van der Waals surface area (Å²) in [5.41, 5.74) is 5.12. The molecule has 1 heterocycles. The maximum Gasteiger partial charge on any atom is 0.311 e. The third-order valence-electron chi connectivity index (χ3n) is 2.48. The van der Waals surface area contributed by atoms with Crippen molar-refractivity contribution in [2.45, 2.75) is 0 Å². The predicted molar refractivity (Wildman–Crippen MR) is 69.9 cm³/mol. The Hall–Kier alpha value is -3.23. The molecule has 0 amide bonds. The Morgan fingerprint density at radius 3 is 2.90 bits per heavy atom.